The number of thiazole rings is 1. The zero-order valence-electron chi connectivity index (χ0n) is 9.13. The van der Waals surface area contributed by atoms with Gasteiger partial charge in [0.2, 0.25) is 5.91 Å². The lowest BCUT2D eigenvalue weighted by Gasteiger charge is -2.33. The van der Waals surface area contributed by atoms with Crippen LogP contribution in [-0.4, -0.2) is 17.0 Å². The molecule has 88 valence electrons. The summed E-state index contributed by atoms with van der Waals surface area (Å²) in [4.78, 5) is 15.2. The number of para-hydroxylation sites is 1. The highest BCUT2D eigenvalue weighted by atomic mass is 32.1. The maximum atomic E-state index is 10.9. The molecule has 5 heteroatoms. The Bertz CT molecular complexity index is 560. The molecule has 1 fully saturated rings. The van der Waals surface area contributed by atoms with Gasteiger partial charge in [-0.15, -0.1) is 11.3 Å². The van der Waals surface area contributed by atoms with Crippen LogP contribution in [0.5, 0.6) is 5.75 Å². The van der Waals surface area contributed by atoms with E-state index in [9.17, 15) is 4.79 Å². The predicted molar refractivity (Wildman–Crippen MR) is 66.0 cm³/mol. The zero-order chi connectivity index (χ0) is 11.8. The molecule has 0 atom stereocenters. The maximum Gasteiger partial charge on any atom is 0.220 e. The van der Waals surface area contributed by atoms with E-state index in [2.05, 4.69) is 4.98 Å². The number of rotatable bonds is 3. The topological polar surface area (TPSA) is 65.2 Å². The summed E-state index contributed by atoms with van der Waals surface area (Å²) in [6, 6.07) is 5.90. The zero-order valence-corrected chi connectivity index (χ0v) is 9.94. The molecule has 1 aliphatic carbocycles. The second-order valence-electron chi connectivity index (χ2n) is 4.27. The van der Waals surface area contributed by atoms with E-state index in [0.717, 1.165) is 28.8 Å². The Morgan fingerprint density at radius 3 is 3.06 bits per heavy atom. The van der Waals surface area contributed by atoms with Crippen molar-refractivity contribution >= 4 is 27.5 Å². The van der Waals surface area contributed by atoms with Crippen molar-refractivity contribution in [3.63, 3.8) is 0 Å². The molecule has 0 bridgehead atoms. The van der Waals surface area contributed by atoms with Crippen molar-refractivity contribution in [3.8, 4) is 5.75 Å². The van der Waals surface area contributed by atoms with Gasteiger partial charge < -0.3 is 10.5 Å². The first-order valence-corrected chi connectivity index (χ1v) is 6.40. The molecule has 0 radical (unpaired) electrons. The van der Waals surface area contributed by atoms with Crippen molar-refractivity contribution in [1.82, 2.24) is 4.98 Å². The highest BCUT2D eigenvalue weighted by molar-refractivity contribution is 7.16. The van der Waals surface area contributed by atoms with E-state index in [1.807, 2.05) is 23.7 Å². The van der Waals surface area contributed by atoms with E-state index in [1.54, 1.807) is 11.3 Å². The van der Waals surface area contributed by atoms with Crippen LogP contribution in [0.25, 0.3) is 10.2 Å². The molecule has 1 aromatic carbocycles. The Hall–Kier alpha value is -1.62. The molecule has 1 heterocycles. The van der Waals surface area contributed by atoms with E-state index >= 15 is 0 Å². The molecule has 2 aromatic rings. The molecule has 17 heavy (non-hydrogen) atoms. The largest absolute Gasteiger partial charge is 0.488 e. The van der Waals surface area contributed by atoms with Crippen molar-refractivity contribution in [1.29, 1.82) is 0 Å². The molecule has 1 amide bonds. The number of primary amides is 1. The summed E-state index contributed by atoms with van der Waals surface area (Å²) in [6.07, 6.45) is 1.53. The summed E-state index contributed by atoms with van der Waals surface area (Å²) < 4.78 is 6.96. The molecule has 0 unspecified atom stereocenters. The number of nitrogens with two attached hydrogens (primary N) is 1. The minimum atomic E-state index is -0.225. The first-order chi connectivity index (χ1) is 8.24. The molecule has 4 nitrogen and oxygen atoms in total. The Morgan fingerprint density at radius 2 is 2.29 bits per heavy atom. The lowest BCUT2D eigenvalue weighted by molar-refractivity contribution is -0.127. The summed E-state index contributed by atoms with van der Waals surface area (Å²) in [5, 5.41) is 0. The third-order valence-corrected chi connectivity index (χ3v) is 3.91. The normalized spacial score (nSPS) is 23.3. The van der Waals surface area contributed by atoms with Crippen LogP contribution in [0.2, 0.25) is 0 Å². The van der Waals surface area contributed by atoms with E-state index < -0.39 is 0 Å². The van der Waals surface area contributed by atoms with Gasteiger partial charge in [0.1, 0.15) is 17.4 Å². The Morgan fingerprint density at radius 1 is 1.47 bits per heavy atom. The van der Waals surface area contributed by atoms with Gasteiger partial charge in [0, 0.05) is 5.92 Å². The fourth-order valence-corrected chi connectivity index (χ4v) is 2.72. The van der Waals surface area contributed by atoms with E-state index in [-0.39, 0.29) is 17.9 Å². The second kappa shape index (κ2) is 4.00. The molecule has 1 saturated carbocycles. The smallest absolute Gasteiger partial charge is 0.220 e. The van der Waals surface area contributed by atoms with Crippen molar-refractivity contribution in [2.24, 2.45) is 11.7 Å². The van der Waals surface area contributed by atoms with E-state index in [4.69, 9.17) is 10.5 Å². The maximum absolute atomic E-state index is 10.9. The number of benzene rings is 1. The van der Waals surface area contributed by atoms with Crippen molar-refractivity contribution in [3.05, 3.63) is 23.7 Å². The minimum absolute atomic E-state index is 0.0189. The van der Waals surface area contributed by atoms with Gasteiger partial charge in [-0.1, -0.05) is 6.07 Å². The number of fused-ring (bicyclic) bond motifs is 1. The molecule has 1 aliphatic rings. The number of nitrogens with zero attached hydrogens (tertiary/aromatic N) is 1. The lowest BCUT2D eigenvalue weighted by Crippen LogP contribution is -2.41. The van der Waals surface area contributed by atoms with Gasteiger partial charge in [-0.3, -0.25) is 4.79 Å². The van der Waals surface area contributed by atoms with Gasteiger partial charge >= 0.3 is 0 Å². The summed E-state index contributed by atoms with van der Waals surface area (Å²) in [6.45, 7) is 0. The number of ether oxygens (including phenoxy) is 1. The molecular weight excluding hydrogens is 236 g/mol. The van der Waals surface area contributed by atoms with Crippen LogP contribution in [-0.2, 0) is 4.79 Å². The monoisotopic (exact) mass is 248 g/mol. The second-order valence-corrected chi connectivity index (χ2v) is 5.15. The molecule has 0 saturated heterocycles. The summed E-state index contributed by atoms with van der Waals surface area (Å²) in [7, 11) is 0. The van der Waals surface area contributed by atoms with Gasteiger partial charge in [0.25, 0.3) is 0 Å². The Kier molecular flexibility index (Phi) is 2.48. The minimum Gasteiger partial charge on any atom is -0.488 e. The highest BCUT2D eigenvalue weighted by Crippen LogP contribution is 2.34. The van der Waals surface area contributed by atoms with Gasteiger partial charge in [0.05, 0.1) is 10.2 Å². The van der Waals surface area contributed by atoms with Gasteiger partial charge in [-0.05, 0) is 25.0 Å². The van der Waals surface area contributed by atoms with Gasteiger partial charge in [-0.25, -0.2) is 4.98 Å². The van der Waals surface area contributed by atoms with Crippen LogP contribution < -0.4 is 10.5 Å². The number of hydrogen-bond donors (Lipinski definition) is 1. The number of carbonyl (C=O) groups is 1. The first kappa shape index (κ1) is 10.5. The molecule has 2 N–H and O–H groups in total. The van der Waals surface area contributed by atoms with Crippen LogP contribution in [0.4, 0.5) is 0 Å². The van der Waals surface area contributed by atoms with Crippen molar-refractivity contribution in [2.45, 2.75) is 18.9 Å². The Balaban J connectivity index is 1.74. The fraction of sp³-hybridized carbons (Fsp3) is 0.333. The molecule has 0 aliphatic heterocycles. The Labute approximate surface area is 102 Å². The molecular formula is C12H12N2O2S. The fourth-order valence-electron chi connectivity index (χ4n) is 2.03. The number of carbonyl (C=O) groups excluding carboxylic acids is 1. The molecule has 0 spiro atoms. The third kappa shape index (κ3) is 1.86. The molecule has 1 aromatic heterocycles. The quantitative estimate of drug-likeness (QED) is 0.902. The van der Waals surface area contributed by atoms with Crippen molar-refractivity contribution < 1.29 is 9.53 Å². The lowest BCUT2D eigenvalue weighted by atomic mass is 9.82. The first-order valence-electron chi connectivity index (χ1n) is 5.52. The van der Waals surface area contributed by atoms with Gasteiger partial charge in [-0.2, -0.15) is 0 Å². The van der Waals surface area contributed by atoms with Crippen LogP contribution in [0, 0.1) is 5.92 Å². The third-order valence-electron chi connectivity index (χ3n) is 3.11. The molecule has 3 rings (SSSR count). The SMILES string of the molecule is NC(=O)[C@H]1C[C@H](Oc2cccc3scnc23)C1. The highest BCUT2D eigenvalue weighted by Gasteiger charge is 2.35. The van der Waals surface area contributed by atoms with Gasteiger partial charge in [0.15, 0.2) is 0 Å². The standard InChI is InChI=1S/C12H12N2O2S/c13-12(15)7-4-8(5-7)16-9-2-1-3-10-11(9)14-6-17-10/h1-3,6-8H,4-5H2,(H2,13,15)/t7-,8-. The number of amides is 1. The van der Waals surface area contributed by atoms with E-state index in [0.29, 0.717) is 0 Å². The van der Waals surface area contributed by atoms with Crippen LogP contribution >= 0.6 is 11.3 Å². The average Bonchev–Trinajstić information content (AvgIpc) is 2.70. The van der Waals surface area contributed by atoms with Crippen LogP contribution in [0.15, 0.2) is 23.7 Å². The summed E-state index contributed by atoms with van der Waals surface area (Å²) in [5.41, 5.74) is 7.94. The number of aromatic nitrogens is 1. The number of hydrogen-bond acceptors (Lipinski definition) is 4. The van der Waals surface area contributed by atoms with Crippen LogP contribution in [0.1, 0.15) is 12.8 Å². The average molecular weight is 248 g/mol. The van der Waals surface area contributed by atoms with Crippen LogP contribution in [0.3, 0.4) is 0 Å². The summed E-state index contributed by atoms with van der Waals surface area (Å²) >= 11 is 1.59. The predicted octanol–water partition coefficient (Wildman–Crippen LogP) is 1.94. The van der Waals surface area contributed by atoms with Crippen molar-refractivity contribution in [2.75, 3.05) is 0 Å². The summed E-state index contributed by atoms with van der Waals surface area (Å²) in [5.74, 6) is 0.558. The van der Waals surface area contributed by atoms with E-state index in [1.165, 1.54) is 0 Å².